The van der Waals surface area contributed by atoms with Crippen molar-refractivity contribution in [3.63, 3.8) is 0 Å². The van der Waals surface area contributed by atoms with Gasteiger partial charge in [0.25, 0.3) is 0 Å². The van der Waals surface area contributed by atoms with Gasteiger partial charge in [0.1, 0.15) is 0 Å². The first-order valence-electron chi connectivity index (χ1n) is 28.9. The SMILES string of the molecule is C[Si](C)(O[Si](C)(C)c1ccc(/C=C/c2cnccn2)cc1)c1ccc(/C=C/c2cnccn2)cc1.C[Si](C)(O[Si](C)(C)c1cnc(/C=C/c2c3ccccc3cc3ccccc23)cn1)c1cnc(/C=C/c2c3ccccc3cc3ccccc23)cn1. The molecule has 0 N–H and O–H groups in total. The molecule has 424 valence electrons. The van der Waals surface area contributed by atoms with Gasteiger partial charge < -0.3 is 8.23 Å². The molecule has 10 nitrogen and oxygen atoms in total. The summed E-state index contributed by atoms with van der Waals surface area (Å²) in [5.74, 6) is 0. The number of rotatable bonds is 16. The van der Waals surface area contributed by atoms with Crippen molar-refractivity contribution in [1.29, 1.82) is 0 Å². The van der Waals surface area contributed by atoms with E-state index in [0.29, 0.717) is 0 Å². The van der Waals surface area contributed by atoms with E-state index in [1.165, 1.54) is 64.6 Å². The Bertz CT molecular complexity index is 4050. The van der Waals surface area contributed by atoms with Crippen molar-refractivity contribution in [3.8, 4) is 0 Å². The van der Waals surface area contributed by atoms with Crippen molar-refractivity contribution in [2.75, 3.05) is 0 Å². The minimum absolute atomic E-state index is 0.808. The number of aromatic nitrogens is 8. The van der Waals surface area contributed by atoms with E-state index >= 15 is 0 Å². The number of fused-ring (bicyclic) bond motifs is 4. The number of nitrogens with zero attached hydrogens (tertiary/aromatic N) is 8. The van der Waals surface area contributed by atoms with E-state index in [4.69, 9.17) is 28.2 Å². The Hall–Kier alpha value is -9.13. The lowest BCUT2D eigenvalue weighted by molar-refractivity contribution is 0.569. The largest absolute Gasteiger partial charge is 0.449 e. The van der Waals surface area contributed by atoms with E-state index in [1.54, 1.807) is 37.2 Å². The minimum Gasteiger partial charge on any atom is -0.449 e. The van der Waals surface area contributed by atoms with Crippen LogP contribution in [0.15, 0.2) is 220 Å². The third-order valence-electron chi connectivity index (χ3n) is 15.3. The zero-order chi connectivity index (χ0) is 59.7. The molecule has 0 spiro atoms. The summed E-state index contributed by atoms with van der Waals surface area (Å²) in [7, 11) is -9.03. The van der Waals surface area contributed by atoms with Crippen molar-refractivity contribution in [3.05, 3.63) is 265 Å². The van der Waals surface area contributed by atoms with Crippen LogP contribution in [0.1, 0.15) is 45.0 Å². The molecule has 12 aromatic rings. The van der Waals surface area contributed by atoms with Crippen LogP contribution in [-0.4, -0.2) is 73.1 Å². The topological polar surface area (TPSA) is 122 Å². The van der Waals surface area contributed by atoms with E-state index in [2.05, 4.69) is 254 Å². The third-order valence-corrected chi connectivity index (χ3v) is 29.9. The first kappa shape index (κ1) is 58.6. The van der Waals surface area contributed by atoms with E-state index in [9.17, 15) is 0 Å². The lowest BCUT2D eigenvalue weighted by atomic mass is 9.96. The van der Waals surface area contributed by atoms with Gasteiger partial charge in [-0.3, -0.25) is 39.9 Å². The first-order valence-corrected chi connectivity index (χ1v) is 40.5. The van der Waals surface area contributed by atoms with Gasteiger partial charge in [0, 0.05) is 37.2 Å². The highest BCUT2D eigenvalue weighted by Crippen LogP contribution is 2.32. The smallest absolute Gasteiger partial charge is 0.228 e. The van der Waals surface area contributed by atoms with Crippen LogP contribution in [0.2, 0.25) is 52.4 Å². The zero-order valence-electron chi connectivity index (χ0n) is 49.8. The normalized spacial score (nSPS) is 12.6. The second kappa shape index (κ2) is 25.6. The molecule has 0 aliphatic heterocycles. The van der Waals surface area contributed by atoms with Gasteiger partial charge in [-0.25, -0.2) is 0 Å². The Balaban J connectivity index is 0.000000192. The predicted molar refractivity (Wildman–Crippen MR) is 370 cm³/mol. The maximum absolute atomic E-state index is 6.97. The maximum Gasteiger partial charge on any atom is 0.228 e. The van der Waals surface area contributed by atoms with Crippen LogP contribution in [0.3, 0.4) is 0 Å². The molecule has 4 heterocycles. The molecule has 0 saturated carbocycles. The lowest BCUT2D eigenvalue weighted by Crippen LogP contribution is -2.59. The van der Waals surface area contributed by atoms with Gasteiger partial charge in [-0.15, -0.1) is 0 Å². The Morgan fingerprint density at radius 3 is 0.942 bits per heavy atom. The summed E-state index contributed by atoms with van der Waals surface area (Å²) in [6, 6.07) is 56.0. The molecule has 0 saturated heterocycles. The van der Waals surface area contributed by atoms with Crippen molar-refractivity contribution < 1.29 is 8.23 Å². The summed E-state index contributed by atoms with van der Waals surface area (Å²) >= 11 is 0. The third kappa shape index (κ3) is 14.0. The molecule has 0 aliphatic carbocycles. The maximum atomic E-state index is 6.97. The molecule has 0 aliphatic rings. The zero-order valence-corrected chi connectivity index (χ0v) is 53.8. The van der Waals surface area contributed by atoms with Crippen LogP contribution in [0.5, 0.6) is 0 Å². The Morgan fingerprint density at radius 2 is 0.616 bits per heavy atom. The predicted octanol–water partition coefficient (Wildman–Crippen LogP) is 14.9. The van der Waals surface area contributed by atoms with E-state index in [-0.39, 0.29) is 0 Å². The Morgan fingerprint density at radius 1 is 0.291 bits per heavy atom. The molecule has 0 fully saturated rings. The van der Waals surface area contributed by atoms with E-state index < -0.39 is 33.3 Å². The Labute approximate surface area is 508 Å². The van der Waals surface area contributed by atoms with Gasteiger partial charge in [-0.05, 0) is 165 Å². The molecular formula is C72H68N8O2Si4. The monoisotopic (exact) mass is 1190 g/mol. The molecule has 12 rings (SSSR count). The van der Waals surface area contributed by atoms with Gasteiger partial charge in [-0.1, -0.05) is 170 Å². The van der Waals surface area contributed by atoms with Crippen molar-refractivity contribution in [1.82, 2.24) is 39.9 Å². The molecule has 0 unspecified atom stereocenters. The highest BCUT2D eigenvalue weighted by Gasteiger charge is 2.39. The molecule has 0 amide bonds. The average molecular weight is 1190 g/mol. The second-order valence-electron chi connectivity index (χ2n) is 23.2. The summed E-state index contributed by atoms with van der Waals surface area (Å²) in [5, 5.41) is 14.2. The van der Waals surface area contributed by atoms with Crippen LogP contribution >= 0.6 is 0 Å². The second-order valence-corrected chi connectivity index (χ2v) is 39.1. The lowest BCUT2D eigenvalue weighted by Gasteiger charge is -2.34. The number of hydrogen-bond acceptors (Lipinski definition) is 10. The van der Waals surface area contributed by atoms with Crippen LogP contribution in [-0.2, 0) is 8.23 Å². The van der Waals surface area contributed by atoms with Crippen molar-refractivity contribution in [2.45, 2.75) is 52.4 Å². The number of benzene rings is 8. The quantitative estimate of drug-likeness (QED) is 0.0683. The molecular weight excluding hydrogens is 1120 g/mol. The summed E-state index contributed by atoms with van der Waals surface area (Å²) < 4.78 is 13.9. The summed E-state index contributed by atoms with van der Waals surface area (Å²) in [6.07, 6.45) is 34.2. The van der Waals surface area contributed by atoms with E-state index in [0.717, 1.165) is 44.5 Å². The molecule has 0 bridgehead atoms. The fraction of sp³-hybridized carbons (Fsp3) is 0.111. The number of hydrogen-bond donors (Lipinski definition) is 0. The average Bonchev–Trinajstić information content (AvgIpc) is 2.88. The minimum atomic E-state index is -2.42. The van der Waals surface area contributed by atoms with Gasteiger partial charge in [0.15, 0.2) is 0 Å². The van der Waals surface area contributed by atoms with Gasteiger partial charge in [0.05, 0.1) is 58.2 Å². The summed E-state index contributed by atoms with van der Waals surface area (Å²) in [5.41, 5.74) is 7.94. The van der Waals surface area contributed by atoms with Crippen LogP contribution in [0.4, 0.5) is 0 Å². The molecule has 86 heavy (non-hydrogen) atoms. The van der Waals surface area contributed by atoms with Crippen LogP contribution in [0, 0.1) is 0 Å². The fourth-order valence-electron chi connectivity index (χ4n) is 10.9. The molecule has 0 atom stereocenters. The fourth-order valence-corrected chi connectivity index (χ4v) is 26.3. The molecule has 4 aromatic heterocycles. The van der Waals surface area contributed by atoms with Crippen molar-refractivity contribution >= 4 is 146 Å². The molecule has 0 radical (unpaired) electrons. The Kier molecular flexibility index (Phi) is 17.5. The van der Waals surface area contributed by atoms with Gasteiger partial charge in [0.2, 0.25) is 33.3 Å². The standard InChI is InChI=1S/C44H38N4OSi2.C28H30N4OSi2/c1-50(2,43-29-45-35(27-47-43)21-23-41-37-17-9-5-13-31(37)25-32-14-6-10-18-38(32)41)49-51(3,4)44-30-46-36(28-48-44)22-24-42-39-19-11-7-15-33(39)26-34-16-8-12-20-40(34)42;1-34(2,27-13-7-23(8-14-27)5-11-25-21-29-17-19-31-25)33-35(3,4)28-15-9-24(10-16-28)6-12-26-22-30-18-20-32-26/h5-30H,1-4H3;5-22H,1-4H3/b23-21+,24-22+;11-5+,12-6+. The van der Waals surface area contributed by atoms with Crippen LogP contribution in [0.25, 0.3) is 91.7 Å². The van der Waals surface area contributed by atoms with Gasteiger partial charge >= 0.3 is 0 Å². The molecule has 14 heteroatoms. The summed E-state index contributed by atoms with van der Waals surface area (Å²) in [4.78, 5) is 36.1. The highest BCUT2D eigenvalue weighted by atomic mass is 28.4. The summed E-state index contributed by atoms with van der Waals surface area (Å²) in [6.45, 7) is 17.9. The van der Waals surface area contributed by atoms with Crippen molar-refractivity contribution in [2.24, 2.45) is 0 Å². The highest BCUT2D eigenvalue weighted by molar-refractivity contribution is 6.97. The van der Waals surface area contributed by atoms with Crippen LogP contribution < -0.4 is 21.0 Å². The first-order chi connectivity index (χ1) is 41.6. The molecule has 8 aromatic carbocycles. The van der Waals surface area contributed by atoms with E-state index in [1.807, 2.05) is 49.1 Å². The van der Waals surface area contributed by atoms with Gasteiger partial charge in [-0.2, -0.15) is 0 Å².